The largest absolute Gasteiger partial charge is 0.389 e. The van der Waals surface area contributed by atoms with Crippen LogP contribution in [0.5, 0.6) is 0 Å². The van der Waals surface area contributed by atoms with Crippen LogP contribution in [0.2, 0.25) is 0 Å². The lowest BCUT2D eigenvalue weighted by molar-refractivity contribution is -0.0369. The summed E-state index contributed by atoms with van der Waals surface area (Å²) in [5.74, 6) is -0.325. The third-order valence-electron chi connectivity index (χ3n) is 3.72. The lowest BCUT2D eigenvalue weighted by atomic mass is 9.95. The lowest BCUT2D eigenvalue weighted by Gasteiger charge is -2.28. The molecule has 1 aromatic carbocycles. The minimum absolute atomic E-state index is 0.142. The van der Waals surface area contributed by atoms with Crippen molar-refractivity contribution in [3.05, 3.63) is 35.1 Å². The summed E-state index contributed by atoms with van der Waals surface area (Å²) in [6.07, 6.45) is 4.45. The second kappa shape index (κ2) is 7.11. The number of methoxy groups -OCH3 is 1. The van der Waals surface area contributed by atoms with Gasteiger partial charge in [-0.1, -0.05) is 24.4 Å². The summed E-state index contributed by atoms with van der Waals surface area (Å²) in [7, 11) is 1.72. The van der Waals surface area contributed by atoms with Crippen LogP contribution in [-0.2, 0) is 16.1 Å². The van der Waals surface area contributed by atoms with E-state index in [1.165, 1.54) is 6.07 Å². The van der Waals surface area contributed by atoms with Crippen molar-refractivity contribution >= 4 is 17.2 Å². The van der Waals surface area contributed by atoms with Gasteiger partial charge in [-0.05, 0) is 31.7 Å². The SMILES string of the molecule is COC1CCCC(OCc2ccc(C(N)=S)cc2F)C1. The van der Waals surface area contributed by atoms with E-state index in [2.05, 4.69) is 0 Å². The highest BCUT2D eigenvalue weighted by atomic mass is 32.1. The summed E-state index contributed by atoms with van der Waals surface area (Å²) >= 11 is 4.82. The Labute approximate surface area is 124 Å². The average Bonchev–Trinajstić information content (AvgIpc) is 2.46. The van der Waals surface area contributed by atoms with Crippen LogP contribution in [-0.4, -0.2) is 24.3 Å². The highest BCUT2D eigenvalue weighted by Gasteiger charge is 2.22. The molecule has 2 unspecified atom stereocenters. The molecule has 1 aliphatic rings. The minimum Gasteiger partial charge on any atom is -0.389 e. The molecule has 0 saturated heterocycles. The maximum absolute atomic E-state index is 13.9. The van der Waals surface area contributed by atoms with Crippen LogP contribution >= 0.6 is 12.2 Å². The van der Waals surface area contributed by atoms with Crippen molar-refractivity contribution in [2.75, 3.05) is 7.11 Å². The van der Waals surface area contributed by atoms with Crippen LogP contribution in [0.1, 0.15) is 36.8 Å². The summed E-state index contributed by atoms with van der Waals surface area (Å²) < 4.78 is 25.0. The van der Waals surface area contributed by atoms with E-state index in [0.717, 1.165) is 25.7 Å². The highest BCUT2D eigenvalue weighted by molar-refractivity contribution is 7.80. The van der Waals surface area contributed by atoms with Crippen molar-refractivity contribution < 1.29 is 13.9 Å². The van der Waals surface area contributed by atoms with E-state index in [0.29, 0.717) is 11.1 Å². The zero-order chi connectivity index (χ0) is 14.5. The van der Waals surface area contributed by atoms with Crippen LogP contribution in [0.4, 0.5) is 4.39 Å². The molecule has 1 aromatic rings. The molecule has 3 nitrogen and oxygen atoms in total. The van der Waals surface area contributed by atoms with Gasteiger partial charge in [0.15, 0.2) is 0 Å². The van der Waals surface area contributed by atoms with Gasteiger partial charge in [-0.2, -0.15) is 0 Å². The first-order valence-corrected chi connectivity index (χ1v) is 7.23. The van der Waals surface area contributed by atoms with Crippen molar-refractivity contribution in [1.29, 1.82) is 0 Å². The molecule has 0 heterocycles. The van der Waals surface area contributed by atoms with E-state index >= 15 is 0 Å². The van der Waals surface area contributed by atoms with Crippen LogP contribution in [0.3, 0.4) is 0 Å². The second-order valence-corrected chi connectivity index (χ2v) is 5.57. The van der Waals surface area contributed by atoms with Crippen LogP contribution in [0, 0.1) is 5.82 Å². The molecule has 1 saturated carbocycles. The molecule has 0 amide bonds. The molecule has 110 valence electrons. The molecule has 20 heavy (non-hydrogen) atoms. The Balaban J connectivity index is 1.92. The first-order chi connectivity index (χ1) is 9.60. The molecular weight excluding hydrogens is 277 g/mol. The Morgan fingerprint density at radius 1 is 1.40 bits per heavy atom. The van der Waals surface area contributed by atoms with Gasteiger partial charge in [-0.15, -0.1) is 0 Å². The average molecular weight is 297 g/mol. The standard InChI is InChI=1S/C15H20FNO2S/c1-18-12-3-2-4-13(8-12)19-9-11-6-5-10(15(17)20)7-14(11)16/h5-7,12-13H,2-4,8-9H2,1H3,(H2,17,20). The van der Waals surface area contributed by atoms with Gasteiger partial charge in [0.2, 0.25) is 0 Å². The zero-order valence-electron chi connectivity index (χ0n) is 11.6. The number of hydrogen-bond acceptors (Lipinski definition) is 3. The summed E-state index contributed by atoms with van der Waals surface area (Å²) in [6.45, 7) is 0.268. The van der Waals surface area contributed by atoms with Gasteiger partial charge in [0.05, 0.1) is 18.8 Å². The van der Waals surface area contributed by atoms with E-state index in [4.69, 9.17) is 27.4 Å². The maximum Gasteiger partial charge on any atom is 0.129 e. The number of rotatable bonds is 5. The van der Waals surface area contributed by atoms with Crippen molar-refractivity contribution in [3.8, 4) is 0 Å². The van der Waals surface area contributed by atoms with Gasteiger partial charge in [0.1, 0.15) is 10.8 Å². The number of halogens is 1. The van der Waals surface area contributed by atoms with Gasteiger partial charge < -0.3 is 15.2 Å². The number of thiocarbonyl (C=S) groups is 1. The summed E-state index contributed by atoms with van der Waals surface area (Å²) in [6, 6.07) is 4.77. The molecule has 0 aliphatic heterocycles. The quantitative estimate of drug-likeness (QED) is 0.849. The Morgan fingerprint density at radius 3 is 2.80 bits per heavy atom. The van der Waals surface area contributed by atoms with E-state index in [9.17, 15) is 4.39 Å². The zero-order valence-corrected chi connectivity index (χ0v) is 12.4. The summed E-state index contributed by atoms with van der Waals surface area (Å²) in [5.41, 5.74) is 6.55. The Kier molecular flexibility index (Phi) is 5.46. The fourth-order valence-corrected chi connectivity index (χ4v) is 2.62. The van der Waals surface area contributed by atoms with Crippen molar-refractivity contribution in [2.24, 2.45) is 5.73 Å². The molecule has 0 radical (unpaired) electrons. The topological polar surface area (TPSA) is 44.5 Å². The molecular formula is C15H20FNO2S. The van der Waals surface area contributed by atoms with Gasteiger partial charge in [0, 0.05) is 18.2 Å². The van der Waals surface area contributed by atoms with E-state index in [1.54, 1.807) is 19.2 Å². The first-order valence-electron chi connectivity index (χ1n) is 6.82. The smallest absolute Gasteiger partial charge is 0.129 e. The van der Waals surface area contributed by atoms with Crippen LogP contribution < -0.4 is 5.73 Å². The molecule has 1 aliphatic carbocycles. The molecule has 5 heteroatoms. The monoisotopic (exact) mass is 297 g/mol. The van der Waals surface area contributed by atoms with E-state index < -0.39 is 0 Å². The fourth-order valence-electron chi connectivity index (χ4n) is 2.49. The summed E-state index contributed by atoms with van der Waals surface area (Å²) in [5, 5.41) is 0. The predicted molar refractivity (Wildman–Crippen MR) is 80.1 cm³/mol. The number of benzene rings is 1. The van der Waals surface area contributed by atoms with Crippen LogP contribution in [0.15, 0.2) is 18.2 Å². The highest BCUT2D eigenvalue weighted by Crippen LogP contribution is 2.24. The van der Waals surface area contributed by atoms with E-state index in [1.807, 2.05) is 0 Å². The molecule has 2 N–H and O–H groups in total. The van der Waals surface area contributed by atoms with E-state index in [-0.39, 0.29) is 29.6 Å². The van der Waals surface area contributed by atoms with Crippen molar-refractivity contribution in [1.82, 2.24) is 0 Å². The predicted octanol–water partition coefficient (Wildman–Crippen LogP) is 2.93. The second-order valence-electron chi connectivity index (χ2n) is 5.13. The number of ether oxygens (including phenoxy) is 2. The van der Waals surface area contributed by atoms with Gasteiger partial charge in [0.25, 0.3) is 0 Å². The third-order valence-corrected chi connectivity index (χ3v) is 3.96. The fraction of sp³-hybridized carbons (Fsp3) is 0.533. The first kappa shape index (κ1) is 15.4. The molecule has 0 spiro atoms. The summed E-state index contributed by atoms with van der Waals surface area (Å²) in [4.78, 5) is 0.201. The van der Waals surface area contributed by atoms with Crippen molar-refractivity contribution in [3.63, 3.8) is 0 Å². The Hall–Kier alpha value is -1.04. The van der Waals surface area contributed by atoms with Gasteiger partial charge in [-0.3, -0.25) is 0 Å². The molecule has 0 bridgehead atoms. The third kappa shape index (κ3) is 3.98. The number of hydrogen-bond donors (Lipinski definition) is 1. The Morgan fingerprint density at radius 2 is 2.15 bits per heavy atom. The molecule has 0 aromatic heterocycles. The molecule has 1 fully saturated rings. The Bertz CT molecular complexity index is 481. The minimum atomic E-state index is -0.325. The lowest BCUT2D eigenvalue weighted by Crippen LogP contribution is -2.27. The van der Waals surface area contributed by atoms with Crippen molar-refractivity contribution in [2.45, 2.75) is 44.5 Å². The normalized spacial score (nSPS) is 22.7. The number of nitrogens with two attached hydrogens (primary N) is 1. The van der Waals surface area contributed by atoms with Gasteiger partial charge >= 0.3 is 0 Å². The van der Waals surface area contributed by atoms with Crippen LogP contribution in [0.25, 0.3) is 0 Å². The van der Waals surface area contributed by atoms with Gasteiger partial charge in [-0.25, -0.2) is 4.39 Å². The molecule has 2 rings (SSSR count). The molecule has 2 atom stereocenters. The maximum atomic E-state index is 13.9.